The summed E-state index contributed by atoms with van der Waals surface area (Å²) in [4.78, 5) is 0.0794. The summed E-state index contributed by atoms with van der Waals surface area (Å²) in [6, 6.07) is 3.38. The summed E-state index contributed by atoms with van der Waals surface area (Å²) in [5.74, 6) is 0.608. The molecule has 2 atom stereocenters. The molecule has 0 aliphatic heterocycles. The van der Waals surface area contributed by atoms with Crippen molar-refractivity contribution in [1.29, 1.82) is 0 Å². The first-order chi connectivity index (χ1) is 9.15. The molecular formula is C14H25N3O2S. The van der Waals surface area contributed by atoms with E-state index in [0.29, 0.717) is 17.2 Å². The predicted molar refractivity (Wildman–Crippen MR) is 84.1 cm³/mol. The van der Waals surface area contributed by atoms with Gasteiger partial charge in [-0.2, -0.15) is 0 Å². The van der Waals surface area contributed by atoms with Gasteiger partial charge in [0.05, 0.1) is 4.90 Å². The summed E-state index contributed by atoms with van der Waals surface area (Å²) in [6.07, 6.45) is 2.12. The first-order valence-electron chi connectivity index (χ1n) is 6.84. The highest BCUT2D eigenvalue weighted by atomic mass is 32.2. The lowest BCUT2D eigenvalue weighted by Crippen LogP contribution is -2.20. The fourth-order valence-corrected chi connectivity index (χ4v) is 3.09. The second-order valence-corrected chi connectivity index (χ2v) is 7.06. The van der Waals surface area contributed by atoms with Crippen molar-refractivity contribution in [1.82, 2.24) is 0 Å². The van der Waals surface area contributed by atoms with Crippen LogP contribution in [0.15, 0.2) is 17.0 Å². The Bertz CT molecular complexity index is 570. The van der Waals surface area contributed by atoms with Gasteiger partial charge in [0, 0.05) is 17.4 Å². The fraction of sp³-hybridized carbons (Fsp3) is 0.571. The van der Waals surface area contributed by atoms with Gasteiger partial charge in [-0.25, -0.2) is 13.6 Å². The molecule has 5 N–H and O–H groups in total. The van der Waals surface area contributed by atoms with E-state index < -0.39 is 10.0 Å². The van der Waals surface area contributed by atoms with Gasteiger partial charge in [-0.1, -0.05) is 20.3 Å². The molecule has 2 unspecified atom stereocenters. The van der Waals surface area contributed by atoms with Crippen molar-refractivity contribution in [2.75, 3.05) is 11.1 Å². The van der Waals surface area contributed by atoms with Crippen molar-refractivity contribution >= 4 is 21.4 Å². The van der Waals surface area contributed by atoms with Crippen LogP contribution in [0.3, 0.4) is 0 Å². The largest absolute Gasteiger partial charge is 0.399 e. The van der Waals surface area contributed by atoms with Gasteiger partial charge in [0.2, 0.25) is 10.0 Å². The molecule has 0 radical (unpaired) electrons. The van der Waals surface area contributed by atoms with Crippen molar-refractivity contribution in [3.8, 4) is 0 Å². The lowest BCUT2D eigenvalue weighted by Gasteiger charge is -2.21. The van der Waals surface area contributed by atoms with E-state index in [-0.39, 0.29) is 10.9 Å². The zero-order valence-electron chi connectivity index (χ0n) is 12.6. The summed E-state index contributed by atoms with van der Waals surface area (Å²) in [5.41, 5.74) is 7.49. The van der Waals surface area contributed by atoms with Crippen LogP contribution in [-0.2, 0) is 10.0 Å². The Morgan fingerprint density at radius 1 is 1.30 bits per heavy atom. The normalized spacial score (nSPS) is 14.8. The van der Waals surface area contributed by atoms with Gasteiger partial charge in [0.15, 0.2) is 0 Å². The van der Waals surface area contributed by atoms with Crippen LogP contribution in [0.25, 0.3) is 0 Å². The molecular weight excluding hydrogens is 274 g/mol. The monoisotopic (exact) mass is 299 g/mol. The molecule has 0 fully saturated rings. The Balaban J connectivity index is 3.05. The van der Waals surface area contributed by atoms with Crippen molar-refractivity contribution < 1.29 is 8.42 Å². The Hall–Kier alpha value is -1.27. The molecule has 0 bridgehead atoms. The van der Waals surface area contributed by atoms with E-state index in [0.717, 1.165) is 18.5 Å². The number of rotatable bonds is 6. The predicted octanol–water partition coefficient (Wildman–Crippen LogP) is 2.46. The molecule has 1 rings (SSSR count). The number of benzene rings is 1. The minimum Gasteiger partial charge on any atom is -0.399 e. The van der Waals surface area contributed by atoms with E-state index in [1.807, 2.05) is 0 Å². The molecule has 6 heteroatoms. The molecule has 0 aliphatic rings. The van der Waals surface area contributed by atoms with Crippen molar-refractivity contribution in [2.24, 2.45) is 11.1 Å². The zero-order chi connectivity index (χ0) is 15.5. The molecule has 0 heterocycles. The minimum atomic E-state index is -3.76. The Kier molecular flexibility index (Phi) is 5.42. The maximum Gasteiger partial charge on any atom is 0.238 e. The van der Waals surface area contributed by atoms with E-state index >= 15 is 0 Å². The highest BCUT2D eigenvalue weighted by Crippen LogP contribution is 2.27. The number of hydrogen-bond acceptors (Lipinski definition) is 4. The van der Waals surface area contributed by atoms with Gasteiger partial charge < -0.3 is 11.1 Å². The molecule has 0 aromatic heterocycles. The lowest BCUT2D eigenvalue weighted by molar-refractivity contribution is 0.483. The molecule has 1 aromatic carbocycles. The fourth-order valence-electron chi connectivity index (χ4n) is 2.25. The molecule has 5 nitrogen and oxygen atoms in total. The molecule has 0 saturated carbocycles. The van der Waals surface area contributed by atoms with Gasteiger partial charge >= 0.3 is 0 Å². The average molecular weight is 299 g/mol. The Labute approximate surface area is 121 Å². The van der Waals surface area contributed by atoms with Crippen LogP contribution in [-0.4, -0.2) is 14.5 Å². The quantitative estimate of drug-likeness (QED) is 0.703. The first-order valence-corrected chi connectivity index (χ1v) is 8.39. The van der Waals surface area contributed by atoms with E-state index in [1.54, 1.807) is 13.0 Å². The van der Waals surface area contributed by atoms with E-state index in [4.69, 9.17) is 10.9 Å². The first kappa shape index (κ1) is 16.8. The Morgan fingerprint density at radius 3 is 2.40 bits per heavy atom. The number of primary sulfonamides is 1. The summed E-state index contributed by atoms with van der Waals surface area (Å²) in [5, 5.41) is 8.55. The maximum atomic E-state index is 11.6. The summed E-state index contributed by atoms with van der Waals surface area (Å²) < 4.78 is 23.1. The summed E-state index contributed by atoms with van der Waals surface area (Å²) >= 11 is 0. The minimum absolute atomic E-state index is 0.0794. The van der Waals surface area contributed by atoms with Crippen LogP contribution in [0.4, 0.5) is 11.4 Å². The third-order valence-electron chi connectivity index (χ3n) is 3.54. The molecule has 1 aromatic rings. The van der Waals surface area contributed by atoms with Crippen LogP contribution < -0.4 is 16.2 Å². The van der Waals surface area contributed by atoms with Gasteiger partial charge in [-0.3, -0.25) is 0 Å². The number of anilines is 2. The number of hydrogen-bond donors (Lipinski definition) is 3. The van der Waals surface area contributed by atoms with E-state index in [2.05, 4.69) is 26.1 Å². The smallest absolute Gasteiger partial charge is 0.238 e. The molecule has 0 saturated heterocycles. The van der Waals surface area contributed by atoms with E-state index in [9.17, 15) is 8.42 Å². The molecule has 114 valence electrons. The highest BCUT2D eigenvalue weighted by molar-refractivity contribution is 7.89. The van der Waals surface area contributed by atoms with Crippen molar-refractivity contribution in [2.45, 2.75) is 51.5 Å². The number of sulfonamides is 1. The zero-order valence-corrected chi connectivity index (χ0v) is 13.4. The standard InChI is InChI=1S/C14H25N3O2S/c1-5-9(2)6-10(3)17-13-7-12(15)8-14(11(13)4)20(16,18)19/h7-10,17H,5-6,15H2,1-4H3,(H2,16,18,19). The summed E-state index contributed by atoms with van der Waals surface area (Å²) in [7, 11) is -3.76. The van der Waals surface area contributed by atoms with Crippen molar-refractivity contribution in [3.63, 3.8) is 0 Å². The van der Waals surface area contributed by atoms with Crippen LogP contribution >= 0.6 is 0 Å². The van der Waals surface area contributed by atoms with Gasteiger partial charge in [-0.15, -0.1) is 0 Å². The molecule has 0 amide bonds. The third-order valence-corrected chi connectivity index (χ3v) is 4.58. The van der Waals surface area contributed by atoms with Crippen LogP contribution in [0.2, 0.25) is 0 Å². The van der Waals surface area contributed by atoms with Gasteiger partial charge in [-0.05, 0) is 43.9 Å². The van der Waals surface area contributed by atoms with Crippen LogP contribution in [0.5, 0.6) is 0 Å². The van der Waals surface area contributed by atoms with Crippen LogP contribution in [0, 0.1) is 12.8 Å². The summed E-state index contributed by atoms with van der Waals surface area (Å²) in [6.45, 7) is 8.16. The SMILES string of the molecule is CCC(C)CC(C)Nc1cc(N)cc(S(N)(=O)=O)c1C. The molecule has 20 heavy (non-hydrogen) atoms. The molecule has 0 spiro atoms. The number of nitrogen functional groups attached to an aromatic ring is 1. The number of nitrogens with one attached hydrogen (secondary N) is 1. The second-order valence-electron chi connectivity index (χ2n) is 5.53. The van der Waals surface area contributed by atoms with Gasteiger partial charge in [0.1, 0.15) is 0 Å². The molecule has 0 aliphatic carbocycles. The lowest BCUT2D eigenvalue weighted by atomic mass is 10.00. The maximum absolute atomic E-state index is 11.6. The second kappa shape index (κ2) is 6.45. The average Bonchev–Trinajstić information content (AvgIpc) is 2.31. The van der Waals surface area contributed by atoms with Crippen molar-refractivity contribution in [3.05, 3.63) is 17.7 Å². The number of nitrogens with two attached hydrogens (primary N) is 2. The topological polar surface area (TPSA) is 98.2 Å². The Morgan fingerprint density at radius 2 is 1.90 bits per heavy atom. The van der Waals surface area contributed by atoms with Gasteiger partial charge in [0.25, 0.3) is 0 Å². The van der Waals surface area contributed by atoms with Crippen LogP contribution in [0.1, 0.15) is 39.2 Å². The third kappa shape index (κ3) is 4.38. The van der Waals surface area contributed by atoms with E-state index in [1.165, 1.54) is 6.07 Å². The highest BCUT2D eigenvalue weighted by Gasteiger charge is 2.17.